The fourth-order valence-electron chi connectivity index (χ4n) is 2.02. The first kappa shape index (κ1) is 16.8. The van der Waals surface area contributed by atoms with E-state index in [1.54, 1.807) is 6.07 Å². The van der Waals surface area contributed by atoms with E-state index in [0.717, 1.165) is 28.6 Å². The van der Waals surface area contributed by atoms with Crippen molar-refractivity contribution in [3.63, 3.8) is 0 Å². The average Bonchev–Trinajstić information content (AvgIpc) is 2.45. The van der Waals surface area contributed by atoms with Crippen LogP contribution < -0.4 is 5.32 Å². The summed E-state index contributed by atoms with van der Waals surface area (Å²) in [6.07, 6.45) is 0.268. The number of hydrogen-bond donors (Lipinski definition) is 2. The Kier molecular flexibility index (Phi) is 6.52. The molecule has 2 rings (SSSR count). The largest absolute Gasteiger partial charge is 0.387 e. The van der Waals surface area contributed by atoms with Crippen LogP contribution in [0, 0.1) is 0 Å². The van der Waals surface area contributed by atoms with Crippen LogP contribution >= 0.6 is 39.1 Å². The number of rotatable bonds is 6. The van der Waals surface area contributed by atoms with Crippen molar-refractivity contribution in [3.05, 3.63) is 68.1 Å². The predicted molar refractivity (Wildman–Crippen MR) is 92.1 cm³/mol. The van der Waals surface area contributed by atoms with Crippen molar-refractivity contribution in [3.8, 4) is 0 Å². The monoisotopic (exact) mass is 387 g/mol. The third kappa shape index (κ3) is 5.28. The molecule has 0 radical (unpaired) electrons. The lowest BCUT2D eigenvalue weighted by molar-refractivity contribution is 0.175. The van der Waals surface area contributed by atoms with Crippen molar-refractivity contribution < 1.29 is 5.11 Å². The van der Waals surface area contributed by atoms with E-state index >= 15 is 0 Å². The van der Waals surface area contributed by atoms with E-state index in [-0.39, 0.29) is 0 Å². The highest BCUT2D eigenvalue weighted by Crippen LogP contribution is 2.21. The molecular weight excluding hydrogens is 373 g/mol. The summed E-state index contributed by atoms with van der Waals surface area (Å²) in [4.78, 5) is 0. The molecule has 0 saturated heterocycles. The predicted octanol–water partition coefficient (Wildman–Crippen LogP) is 4.62. The number of aliphatic hydroxyl groups excluding tert-OH is 1. The summed E-state index contributed by atoms with van der Waals surface area (Å²) in [5.74, 6) is 0. The number of halogens is 3. The third-order valence-corrected chi connectivity index (χ3v) is 4.24. The number of hydrogen-bond acceptors (Lipinski definition) is 2. The van der Waals surface area contributed by atoms with Gasteiger partial charge in [-0.2, -0.15) is 0 Å². The molecular formula is C16H16BrCl2NO. The maximum absolute atomic E-state index is 10.1. The van der Waals surface area contributed by atoms with E-state index in [1.807, 2.05) is 36.4 Å². The van der Waals surface area contributed by atoms with Crippen molar-refractivity contribution >= 4 is 39.1 Å². The van der Waals surface area contributed by atoms with Crippen LogP contribution in [0.4, 0.5) is 0 Å². The lowest BCUT2D eigenvalue weighted by Crippen LogP contribution is -2.23. The molecule has 0 aromatic heterocycles. The Morgan fingerprint density at radius 3 is 2.67 bits per heavy atom. The van der Waals surface area contributed by atoms with Gasteiger partial charge in [0, 0.05) is 21.1 Å². The SMILES string of the molecule is OC(CNCCc1ccc(Cl)cc1Cl)c1cccc(Br)c1. The van der Waals surface area contributed by atoms with E-state index in [2.05, 4.69) is 21.2 Å². The van der Waals surface area contributed by atoms with Crippen molar-refractivity contribution in [1.82, 2.24) is 5.32 Å². The van der Waals surface area contributed by atoms with Crippen LogP contribution in [0.2, 0.25) is 10.0 Å². The minimum Gasteiger partial charge on any atom is -0.387 e. The van der Waals surface area contributed by atoms with Crippen LogP contribution in [0.3, 0.4) is 0 Å². The molecule has 0 aliphatic rings. The normalized spacial score (nSPS) is 12.4. The zero-order valence-corrected chi connectivity index (χ0v) is 14.4. The van der Waals surface area contributed by atoms with Gasteiger partial charge in [0.05, 0.1) is 6.10 Å². The van der Waals surface area contributed by atoms with Crippen LogP contribution in [-0.4, -0.2) is 18.2 Å². The molecule has 0 heterocycles. The second-order valence-electron chi connectivity index (χ2n) is 4.76. The molecule has 21 heavy (non-hydrogen) atoms. The Morgan fingerprint density at radius 1 is 1.14 bits per heavy atom. The van der Waals surface area contributed by atoms with Gasteiger partial charge in [0.25, 0.3) is 0 Å². The maximum atomic E-state index is 10.1. The molecule has 0 bridgehead atoms. The highest BCUT2D eigenvalue weighted by Gasteiger charge is 2.07. The molecule has 0 fully saturated rings. The van der Waals surface area contributed by atoms with Crippen LogP contribution in [0.1, 0.15) is 17.2 Å². The van der Waals surface area contributed by atoms with Crippen LogP contribution in [0.5, 0.6) is 0 Å². The van der Waals surface area contributed by atoms with Crippen molar-refractivity contribution in [2.45, 2.75) is 12.5 Å². The number of aliphatic hydroxyl groups is 1. The van der Waals surface area contributed by atoms with Gasteiger partial charge < -0.3 is 10.4 Å². The van der Waals surface area contributed by atoms with Crippen molar-refractivity contribution in [2.24, 2.45) is 0 Å². The van der Waals surface area contributed by atoms with Gasteiger partial charge in [-0.05, 0) is 48.4 Å². The van der Waals surface area contributed by atoms with Crippen LogP contribution in [0.15, 0.2) is 46.9 Å². The van der Waals surface area contributed by atoms with Crippen LogP contribution in [0.25, 0.3) is 0 Å². The molecule has 2 nitrogen and oxygen atoms in total. The molecule has 1 unspecified atom stereocenters. The summed E-state index contributed by atoms with van der Waals surface area (Å²) in [5, 5.41) is 14.7. The first-order chi connectivity index (χ1) is 10.1. The zero-order chi connectivity index (χ0) is 15.2. The molecule has 0 aliphatic heterocycles. The van der Waals surface area contributed by atoms with Gasteiger partial charge in [-0.3, -0.25) is 0 Å². The lowest BCUT2D eigenvalue weighted by Gasteiger charge is -2.13. The molecule has 0 amide bonds. The average molecular weight is 389 g/mol. The van der Waals surface area contributed by atoms with E-state index in [0.29, 0.717) is 16.6 Å². The number of nitrogens with one attached hydrogen (secondary N) is 1. The van der Waals surface area contributed by atoms with Gasteiger partial charge in [0.15, 0.2) is 0 Å². The Bertz CT molecular complexity index is 607. The minimum absolute atomic E-state index is 0.502. The molecule has 112 valence electrons. The first-order valence-electron chi connectivity index (χ1n) is 6.64. The Morgan fingerprint density at radius 2 is 1.95 bits per heavy atom. The Hall–Kier alpha value is -0.580. The molecule has 0 saturated carbocycles. The summed E-state index contributed by atoms with van der Waals surface area (Å²) in [6.45, 7) is 1.24. The highest BCUT2D eigenvalue weighted by molar-refractivity contribution is 9.10. The van der Waals surface area contributed by atoms with E-state index in [4.69, 9.17) is 23.2 Å². The van der Waals surface area contributed by atoms with Gasteiger partial charge >= 0.3 is 0 Å². The molecule has 2 N–H and O–H groups in total. The summed E-state index contributed by atoms with van der Waals surface area (Å²) >= 11 is 15.4. The van der Waals surface area contributed by atoms with Crippen LogP contribution in [-0.2, 0) is 6.42 Å². The maximum Gasteiger partial charge on any atom is 0.0914 e. The van der Waals surface area contributed by atoms with Gasteiger partial charge in [-0.15, -0.1) is 0 Å². The zero-order valence-electron chi connectivity index (χ0n) is 11.3. The highest BCUT2D eigenvalue weighted by atomic mass is 79.9. The fraction of sp³-hybridized carbons (Fsp3) is 0.250. The lowest BCUT2D eigenvalue weighted by atomic mass is 10.1. The second-order valence-corrected chi connectivity index (χ2v) is 6.52. The van der Waals surface area contributed by atoms with Crippen molar-refractivity contribution in [1.29, 1.82) is 0 Å². The Balaban J connectivity index is 1.79. The molecule has 0 aliphatic carbocycles. The van der Waals surface area contributed by atoms with Gasteiger partial charge in [0.1, 0.15) is 0 Å². The standard InChI is InChI=1S/C16H16BrCl2NO/c17-13-3-1-2-12(8-13)16(21)10-20-7-6-11-4-5-14(18)9-15(11)19/h1-5,8-9,16,20-21H,6-7,10H2. The summed E-state index contributed by atoms with van der Waals surface area (Å²) < 4.78 is 0.965. The fourth-order valence-corrected chi connectivity index (χ4v) is 2.94. The van der Waals surface area contributed by atoms with E-state index < -0.39 is 6.10 Å². The first-order valence-corrected chi connectivity index (χ1v) is 8.19. The van der Waals surface area contributed by atoms with Crippen molar-refractivity contribution in [2.75, 3.05) is 13.1 Å². The molecule has 0 spiro atoms. The number of benzene rings is 2. The molecule has 2 aromatic rings. The second kappa shape index (κ2) is 8.16. The summed E-state index contributed by atoms with van der Waals surface area (Å²) in [5.41, 5.74) is 1.94. The topological polar surface area (TPSA) is 32.3 Å². The summed E-state index contributed by atoms with van der Waals surface area (Å²) in [7, 11) is 0. The summed E-state index contributed by atoms with van der Waals surface area (Å²) in [6, 6.07) is 13.2. The minimum atomic E-state index is -0.525. The van der Waals surface area contributed by atoms with Gasteiger partial charge in [-0.25, -0.2) is 0 Å². The third-order valence-electron chi connectivity index (χ3n) is 3.16. The van der Waals surface area contributed by atoms with E-state index in [9.17, 15) is 5.11 Å². The molecule has 1 atom stereocenters. The smallest absolute Gasteiger partial charge is 0.0914 e. The Labute approximate surface area is 143 Å². The van der Waals surface area contributed by atoms with E-state index in [1.165, 1.54) is 0 Å². The van der Waals surface area contributed by atoms with Gasteiger partial charge in [-0.1, -0.05) is 57.3 Å². The van der Waals surface area contributed by atoms with Gasteiger partial charge in [0.2, 0.25) is 0 Å². The molecule has 5 heteroatoms. The molecule has 2 aromatic carbocycles. The quantitative estimate of drug-likeness (QED) is 0.707.